The Morgan fingerprint density at radius 1 is 1.29 bits per heavy atom. The first kappa shape index (κ1) is 16.3. The molecule has 1 aromatic rings. The number of halogens is 2. The lowest BCUT2D eigenvalue weighted by atomic mass is 10.1. The number of hydrogen-bond donors (Lipinski definition) is 1. The third-order valence-corrected chi connectivity index (χ3v) is 2.64. The van der Waals surface area contributed by atoms with Crippen molar-refractivity contribution >= 4 is 29.2 Å². The first-order valence-electron chi connectivity index (χ1n) is 5.59. The molecule has 0 fully saturated rings. The molecule has 1 aromatic carbocycles. The van der Waals surface area contributed by atoms with Gasteiger partial charge in [-0.25, -0.2) is 4.79 Å². The van der Waals surface area contributed by atoms with Crippen LogP contribution in [0.2, 0.25) is 0 Å². The maximum atomic E-state index is 10.4. The van der Waals surface area contributed by atoms with Crippen molar-refractivity contribution in [1.82, 2.24) is 0 Å². The first-order valence-corrected chi connectivity index (χ1v) is 6.66. The molecule has 4 heteroatoms. The summed E-state index contributed by atoms with van der Waals surface area (Å²) in [6.07, 6.45) is 3.73. The molecule has 0 radical (unpaired) electrons. The highest BCUT2D eigenvalue weighted by Crippen LogP contribution is 2.07. The molecule has 0 aliphatic carbocycles. The zero-order valence-electron chi connectivity index (χ0n) is 9.96. The van der Waals surface area contributed by atoms with Crippen molar-refractivity contribution in [3.8, 4) is 0 Å². The number of carboxylic acids is 1. The number of carboxylic acid groups (broad SMARTS) is 1. The van der Waals surface area contributed by atoms with E-state index in [1.807, 2.05) is 0 Å². The van der Waals surface area contributed by atoms with Gasteiger partial charge in [0.15, 0.2) is 0 Å². The Morgan fingerprint density at radius 2 is 2.00 bits per heavy atom. The fraction of sp³-hybridized carbons (Fsp3) is 0.462. The van der Waals surface area contributed by atoms with E-state index in [4.69, 9.17) is 28.3 Å². The molecule has 0 atom stereocenters. The highest BCUT2D eigenvalue weighted by molar-refractivity contribution is 6.17. The minimum absolute atomic E-state index is 0.281. The summed E-state index contributed by atoms with van der Waals surface area (Å²) in [5, 5.41) is 8.56. The van der Waals surface area contributed by atoms with Crippen molar-refractivity contribution in [2.45, 2.75) is 32.1 Å². The molecule has 1 N–H and O–H groups in total. The van der Waals surface area contributed by atoms with E-state index < -0.39 is 5.97 Å². The van der Waals surface area contributed by atoms with Gasteiger partial charge in [0.25, 0.3) is 0 Å². The van der Waals surface area contributed by atoms with Crippen molar-refractivity contribution in [2.24, 2.45) is 0 Å². The molecule has 0 saturated carbocycles. The Morgan fingerprint density at radius 3 is 2.41 bits per heavy atom. The van der Waals surface area contributed by atoms with Gasteiger partial charge in [0, 0.05) is 11.8 Å². The van der Waals surface area contributed by atoms with Crippen LogP contribution in [0.3, 0.4) is 0 Å². The van der Waals surface area contributed by atoms with Crippen LogP contribution in [-0.4, -0.2) is 17.0 Å². The molecule has 1 rings (SSSR count). The Hall–Kier alpha value is -0.730. The van der Waals surface area contributed by atoms with Crippen LogP contribution in [0.1, 0.15) is 42.1 Å². The Labute approximate surface area is 113 Å². The van der Waals surface area contributed by atoms with Gasteiger partial charge in [-0.2, -0.15) is 0 Å². The smallest absolute Gasteiger partial charge is 0.335 e. The lowest BCUT2D eigenvalue weighted by Gasteiger charge is -1.96. The molecular formula is C13H18Cl2O2. The molecule has 0 amide bonds. The second-order valence-electron chi connectivity index (χ2n) is 3.54. The van der Waals surface area contributed by atoms with E-state index in [9.17, 15) is 4.79 Å². The predicted molar refractivity (Wildman–Crippen MR) is 73.2 cm³/mol. The molecule has 17 heavy (non-hydrogen) atoms. The Kier molecular flexibility index (Phi) is 9.98. The topological polar surface area (TPSA) is 37.3 Å². The van der Waals surface area contributed by atoms with Gasteiger partial charge in [0.2, 0.25) is 0 Å². The van der Waals surface area contributed by atoms with Gasteiger partial charge >= 0.3 is 5.97 Å². The van der Waals surface area contributed by atoms with E-state index in [0.29, 0.717) is 5.88 Å². The van der Waals surface area contributed by atoms with Gasteiger partial charge < -0.3 is 5.11 Å². The molecule has 0 aliphatic rings. The minimum Gasteiger partial charge on any atom is -0.478 e. The molecule has 0 bridgehead atoms. The fourth-order valence-corrected chi connectivity index (χ4v) is 1.49. The highest BCUT2D eigenvalue weighted by Gasteiger charge is 2.01. The summed E-state index contributed by atoms with van der Waals surface area (Å²) in [6, 6.07) is 6.58. The van der Waals surface area contributed by atoms with Gasteiger partial charge in [-0.15, -0.1) is 23.2 Å². The van der Waals surface area contributed by atoms with Crippen LogP contribution in [0.25, 0.3) is 0 Å². The van der Waals surface area contributed by atoms with Crippen LogP contribution in [0.5, 0.6) is 0 Å². The lowest BCUT2D eigenvalue weighted by Crippen LogP contribution is -1.95. The van der Waals surface area contributed by atoms with Crippen molar-refractivity contribution < 1.29 is 9.90 Å². The summed E-state index contributed by atoms with van der Waals surface area (Å²) in [7, 11) is 0. The maximum absolute atomic E-state index is 10.4. The number of alkyl halides is 2. The maximum Gasteiger partial charge on any atom is 0.335 e. The Bertz CT molecular complexity index is 323. The SMILES string of the molecule is CCCCCCl.O=C(O)c1cccc(CCl)c1. The van der Waals surface area contributed by atoms with Crippen LogP contribution in [0.15, 0.2) is 24.3 Å². The first-order chi connectivity index (χ1) is 8.15. The standard InChI is InChI=1S/C8H7ClO2.C5H11Cl/c9-5-6-2-1-3-7(4-6)8(10)11;1-2-3-4-5-6/h1-4H,5H2,(H,10,11);2-5H2,1H3. The van der Waals surface area contributed by atoms with Crippen LogP contribution >= 0.6 is 23.2 Å². The number of hydrogen-bond acceptors (Lipinski definition) is 1. The van der Waals surface area contributed by atoms with E-state index in [-0.39, 0.29) is 5.56 Å². The van der Waals surface area contributed by atoms with Crippen LogP contribution < -0.4 is 0 Å². The normalized spacial score (nSPS) is 9.35. The third kappa shape index (κ3) is 8.06. The van der Waals surface area contributed by atoms with E-state index in [2.05, 4.69) is 6.92 Å². The molecule has 0 heterocycles. The van der Waals surface area contributed by atoms with Crippen molar-refractivity contribution in [3.05, 3.63) is 35.4 Å². The monoisotopic (exact) mass is 276 g/mol. The second kappa shape index (κ2) is 10.4. The van der Waals surface area contributed by atoms with E-state index in [1.165, 1.54) is 19.3 Å². The Balaban J connectivity index is 0.000000366. The van der Waals surface area contributed by atoms with E-state index in [1.54, 1.807) is 24.3 Å². The van der Waals surface area contributed by atoms with Crippen molar-refractivity contribution in [2.75, 3.05) is 5.88 Å². The molecular weight excluding hydrogens is 259 g/mol. The number of rotatable bonds is 5. The average molecular weight is 277 g/mol. The number of unbranched alkanes of at least 4 members (excludes halogenated alkanes) is 2. The summed E-state index contributed by atoms with van der Waals surface area (Å²) in [5.74, 6) is 0.256. The summed E-state index contributed by atoms with van der Waals surface area (Å²) >= 11 is 10.9. The molecule has 2 nitrogen and oxygen atoms in total. The van der Waals surface area contributed by atoms with Crippen LogP contribution in [0, 0.1) is 0 Å². The summed E-state index contributed by atoms with van der Waals surface area (Å²) in [5.41, 5.74) is 1.11. The number of benzene rings is 1. The molecule has 0 aromatic heterocycles. The minimum atomic E-state index is -0.919. The zero-order chi connectivity index (χ0) is 13.1. The van der Waals surface area contributed by atoms with Gasteiger partial charge in [-0.1, -0.05) is 31.9 Å². The number of aromatic carboxylic acids is 1. The molecule has 0 saturated heterocycles. The van der Waals surface area contributed by atoms with Crippen LogP contribution in [-0.2, 0) is 5.88 Å². The van der Waals surface area contributed by atoms with Crippen molar-refractivity contribution in [3.63, 3.8) is 0 Å². The number of carbonyl (C=O) groups is 1. The summed E-state index contributed by atoms with van der Waals surface area (Å²) < 4.78 is 0. The fourth-order valence-electron chi connectivity index (χ4n) is 1.13. The summed E-state index contributed by atoms with van der Waals surface area (Å²) in [6.45, 7) is 2.17. The van der Waals surface area contributed by atoms with E-state index >= 15 is 0 Å². The lowest BCUT2D eigenvalue weighted by molar-refractivity contribution is 0.0697. The highest BCUT2D eigenvalue weighted by atomic mass is 35.5. The van der Waals surface area contributed by atoms with Crippen molar-refractivity contribution in [1.29, 1.82) is 0 Å². The second-order valence-corrected chi connectivity index (χ2v) is 4.18. The van der Waals surface area contributed by atoms with Gasteiger partial charge in [0.1, 0.15) is 0 Å². The third-order valence-electron chi connectivity index (χ3n) is 2.07. The quantitative estimate of drug-likeness (QED) is 0.633. The molecule has 0 unspecified atom stereocenters. The molecule has 0 aliphatic heterocycles. The molecule has 0 spiro atoms. The predicted octanol–water partition coefficient (Wildman–Crippen LogP) is 4.54. The average Bonchev–Trinajstić information content (AvgIpc) is 2.37. The van der Waals surface area contributed by atoms with E-state index in [0.717, 1.165) is 11.4 Å². The zero-order valence-corrected chi connectivity index (χ0v) is 11.5. The van der Waals surface area contributed by atoms with Gasteiger partial charge in [-0.05, 0) is 24.1 Å². The van der Waals surface area contributed by atoms with Gasteiger partial charge in [-0.3, -0.25) is 0 Å². The van der Waals surface area contributed by atoms with Gasteiger partial charge in [0.05, 0.1) is 5.56 Å². The molecule has 96 valence electrons. The van der Waals surface area contributed by atoms with Crippen LogP contribution in [0.4, 0.5) is 0 Å². The summed E-state index contributed by atoms with van der Waals surface area (Å²) in [4.78, 5) is 10.4. The largest absolute Gasteiger partial charge is 0.478 e.